The second-order valence-electron chi connectivity index (χ2n) is 6.01. The summed E-state index contributed by atoms with van der Waals surface area (Å²) in [4.78, 5) is 25.3. The van der Waals surface area contributed by atoms with Crippen molar-refractivity contribution >= 4 is 23.5 Å². The van der Waals surface area contributed by atoms with E-state index in [0.29, 0.717) is 12.8 Å². The van der Waals surface area contributed by atoms with Crippen LogP contribution in [0.3, 0.4) is 0 Å². The Morgan fingerprint density at radius 3 is 2.35 bits per heavy atom. The largest absolute Gasteiger partial charge is 0.506 e. The van der Waals surface area contributed by atoms with Crippen molar-refractivity contribution in [3.63, 3.8) is 0 Å². The molecule has 3 rings (SSSR count). The van der Waals surface area contributed by atoms with Gasteiger partial charge in [0.25, 0.3) is 5.91 Å². The topological polar surface area (TPSA) is 75.6 Å². The van der Waals surface area contributed by atoms with Crippen molar-refractivity contribution in [1.29, 1.82) is 0 Å². The van der Waals surface area contributed by atoms with Crippen LogP contribution in [0.25, 0.3) is 0 Å². The maximum atomic E-state index is 12.7. The molecule has 0 unspecified atom stereocenters. The minimum Gasteiger partial charge on any atom is -0.506 e. The summed E-state index contributed by atoms with van der Waals surface area (Å²) in [5.41, 5.74) is 0.815. The van der Waals surface area contributed by atoms with Crippen molar-refractivity contribution in [2.45, 2.75) is 32.7 Å². The van der Waals surface area contributed by atoms with Gasteiger partial charge in [0.1, 0.15) is 11.3 Å². The van der Waals surface area contributed by atoms with E-state index in [1.54, 1.807) is 13.0 Å². The second-order valence-corrected chi connectivity index (χ2v) is 6.42. The van der Waals surface area contributed by atoms with Gasteiger partial charge in [-0.15, -0.1) is 0 Å². The Labute approximate surface area is 157 Å². The van der Waals surface area contributed by atoms with Crippen LogP contribution in [0.2, 0.25) is 5.02 Å². The fraction of sp³-hybridized carbons (Fsp3) is 0.300. The number of carbonyl (C=O) groups excluding carboxylic acids is 2. The molecule has 26 heavy (non-hydrogen) atoms. The third-order valence-corrected chi connectivity index (χ3v) is 4.66. The van der Waals surface area contributed by atoms with E-state index in [-0.39, 0.29) is 30.4 Å². The number of rotatable bonds is 4. The van der Waals surface area contributed by atoms with Crippen LogP contribution in [0.4, 0.5) is 0 Å². The Balaban J connectivity index is 0.00000243. The molecule has 2 aromatic rings. The van der Waals surface area contributed by atoms with Crippen molar-refractivity contribution in [3.8, 4) is 5.75 Å². The molecule has 0 radical (unpaired) electrons. The summed E-state index contributed by atoms with van der Waals surface area (Å²) in [7, 11) is 0. The highest BCUT2D eigenvalue weighted by atomic mass is 35.5. The molecule has 1 aliphatic carbocycles. The molecule has 0 bridgehead atoms. The van der Waals surface area contributed by atoms with Gasteiger partial charge in [-0.3, -0.25) is 4.79 Å². The first-order chi connectivity index (χ1) is 12.0. The van der Waals surface area contributed by atoms with Gasteiger partial charge in [0.2, 0.25) is 0 Å². The smallest absolute Gasteiger partial charge is 0.332 e. The number of carbonyl (C=O) groups is 2. The van der Waals surface area contributed by atoms with Gasteiger partial charge in [-0.2, -0.15) is 0 Å². The van der Waals surface area contributed by atoms with E-state index in [2.05, 4.69) is 5.32 Å². The Hall–Kier alpha value is -2.53. The summed E-state index contributed by atoms with van der Waals surface area (Å²) < 4.78 is 5.21. The fourth-order valence-corrected chi connectivity index (χ4v) is 3.33. The van der Waals surface area contributed by atoms with Gasteiger partial charge in [0, 0.05) is 12.8 Å². The van der Waals surface area contributed by atoms with E-state index in [9.17, 15) is 14.7 Å². The van der Waals surface area contributed by atoms with Crippen LogP contribution < -0.4 is 5.32 Å². The average Bonchev–Trinajstić information content (AvgIpc) is 2.96. The lowest BCUT2D eigenvalue weighted by Gasteiger charge is -2.28. The number of hydrogen-bond acceptors (Lipinski definition) is 4. The van der Waals surface area contributed by atoms with E-state index in [0.717, 1.165) is 11.1 Å². The van der Waals surface area contributed by atoms with E-state index < -0.39 is 17.4 Å². The van der Waals surface area contributed by atoms with Gasteiger partial charge in [0.05, 0.1) is 17.2 Å². The lowest BCUT2D eigenvalue weighted by molar-refractivity contribution is -0.150. The lowest BCUT2D eigenvalue weighted by Crippen LogP contribution is -2.56. The summed E-state index contributed by atoms with van der Waals surface area (Å²) in [5, 5.41) is 12.9. The molecular weight excluding hydrogens is 354 g/mol. The van der Waals surface area contributed by atoms with Gasteiger partial charge in [-0.25, -0.2) is 4.79 Å². The number of ether oxygens (including phenoxy) is 1. The molecule has 1 aliphatic rings. The average molecular weight is 376 g/mol. The molecule has 0 spiro atoms. The minimum absolute atomic E-state index is 0. The minimum atomic E-state index is -1.19. The van der Waals surface area contributed by atoms with Gasteiger partial charge in [0.15, 0.2) is 0 Å². The summed E-state index contributed by atoms with van der Waals surface area (Å²) in [6.45, 7) is 1.94. The summed E-state index contributed by atoms with van der Waals surface area (Å²) in [6, 6.07) is 12.2. The quantitative estimate of drug-likeness (QED) is 0.802. The van der Waals surface area contributed by atoms with Gasteiger partial charge >= 0.3 is 5.97 Å². The molecule has 138 valence electrons. The van der Waals surface area contributed by atoms with Gasteiger partial charge < -0.3 is 15.2 Å². The zero-order chi connectivity index (χ0) is 18.0. The summed E-state index contributed by atoms with van der Waals surface area (Å²) >= 11 is 5.87. The summed E-state index contributed by atoms with van der Waals surface area (Å²) in [5.74, 6) is -1.36. The molecule has 0 saturated heterocycles. The van der Waals surface area contributed by atoms with Crippen LogP contribution in [0, 0.1) is 0 Å². The molecule has 1 amide bonds. The zero-order valence-corrected chi connectivity index (χ0v) is 14.5. The molecule has 6 heteroatoms. The first-order valence-corrected chi connectivity index (χ1v) is 8.38. The van der Waals surface area contributed by atoms with Crippen LogP contribution in [0.15, 0.2) is 42.5 Å². The Morgan fingerprint density at radius 1 is 1.15 bits per heavy atom. The van der Waals surface area contributed by atoms with Crippen molar-refractivity contribution in [3.05, 3.63) is 64.2 Å². The van der Waals surface area contributed by atoms with Crippen LogP contribution >= 0.6 is 11.6 Å². The highest BCUT2D eigenvalue weighted by Gasteiger charge is 2.46. The standard InChI is InChI=1S/C19H18ClNO4.CH4/c1-2-25-18(24)19(10-12-6-3-4-7-13(12)11-19)21-17(23)14-8-5-9-15(20)16(14)22;/h3-9,22H,2,10-11H2,1H3,(H,21,23);1H4. The second kappa shape index (κ2) is 7.79. The molecular formula is C20H22ClNO4. The molecule has 0 aliphatic heterocycles. The van der Waals surface area contributed by atoms with Crippen molar-refractivity contribution < 1.29 is 19.4 Å². The number of hydrogen-bond donors (Lipinski definition) is 2. The maximum Gasteiger partial charge on any atom is 0.332 e. The van der Waals surface area contributed by atoms with Crippen LogP contribution in [-0.4, -0.2) is 29.1 Å². The number of esters is 1. The Bertz CT molecular complexity index is 809. The fourth-order valence-electron chi connectivity index (χ4n) is 3.15. The first kappa shape index (κ1) is 19.8. The molecule has 0 fully saturated rings. The summed E-state index contributed by atoms with van der Waals surface area (Å²) in [6.07, 6.45) is 0.685. The Morgan fingerprint density at radius 2 is 1.77 bits per heavy atom. The third kappa shape index (κ3) is 3.53. The Kier molecular flexibility index (Phi) is 5.93. The maximum absolute atomic E-state index is 12.7. The van der Waals surface area contributed by atoms with Crippen LogP contribution in [0.5, 0.6) is 5.75 Å². The molecule has 2 N–H and O–H groups in total. The van der Waals surface area contributed by atoms with E-state index in [4.69, 9.17) is 16.3 Å². The SMILES string of the molecule is C.CCOC(=O)C1(NC(=O)c2cccc(Cl)c2O)Cc2ccccc2C1. The number of aromatic hydroxyl groups is 1. The highest BCUT2D eigenvalue weighted by Crippen LogP contribution is 2.33. The van der Waals surface area contributed by atoms with Crippen LogP contribution in [0.1, 0.15) is 35.8 Å². The number of amides is 1. The van der Waals surface area contributed by atoms with E-state index in [1.165, 1.54) is 12.1 Å². The number of benzene rings is 2. The van der Waals surface area contributed by atoms with Gasteiger partial charge in [-0.1, -0.05) is 49.4 Å². The third-order valence-electron chi connectivity index (χ3n) is 4.35. The zero-order valence-electron chi connectivity index (χ0n) is 13.7. The highest BCUT2D eigenvalue weighted by molar-refractivity contribution is 6.32. The molecule has 0 saturated carbocycles. The molecule has 5 nitrogen and oxygen atoms in total. The number of halogens is 1. The van der Waals surface area contributed by atoms with Crippen molar-refractivity contribution in [2.24, 2.45) is 0 Å². The molecule has 0 aromatic heterocycles. The van der Waals surface area contributed by atoms with E-state index >= 15 is 0 Å². The number of phenolic OH excluding ortho intramolecular Hbond substituents is 1. The molecule has 2 aromatic carbocycles. The van der Waals surface area contributed by atoms with Gasteiger partial charge in [-0.05, 0) is 30.2 Å². The number of para-hydroxylation sites is 1. The van der Waals surface area contributed by atoms with Crippen molar-refractivity contribution in [2.75, 3.05) is 6.61 Å². The normalized spacial score (nSPS) is 14.1. The van der Waals surface area contributed by atoms with Crippen LogP contribution in [-0.2, 0) is 22.4 Å². The lowest BCUT2D eigenvalue weighted by atomic mass is 9.95. The number of nitrogens with one attached hydrogen (secondary N) is 1. The molecule has 0 heterocycles. The van der Waals surface area contributed by atoms with E-state index in [1.807, 2.05) is 24.3 Å². The van der Waals surface area contributed by atoms with Crippen molar-refractivity contribution in [1.82, 2.24) is 5.32 Å². The molecule has 0 atom stereocenters. The predicted molar refractivity (Wildman–Crippen MR) is 101 cm³/mol. The first-order valence-electron chi connectivity index (χ1n) is 8.01. The monoisotopic (exact) mass is 375 g/mol. The number of fused-ring (bicyclic) bond motifs is 1. The number of phenols is 1. The predicted octanol–water partition coefficient (Wildman–Crippen LogP) is 3.51.